The third kappa shape index (κ3) is 3.14. The minimum absolute atomic E-state index is 0.0690. The zero-order chi connectivity index (χ0) is 14.7. The zero-order valence-electron chi connectivity index (χ0n) is 11.0. The molecule has 0 saturated heterocycles. The smallest absolute Gasteiger partial charge is 0.303 e. The fourth-order valence-electron chi connectivity index (χ4n) is 2.13. The van der Waals surface area contributed by atoms with Crippen LogP contribution >= 0.6 is 0 Å². The standard InChI is InChI=1S/C14H15NO5/c1-8(16)15-10-3-4-12-11(6-10)14(19)9(7-20-12)2-5-13(17)18/h3-4,6,9H,2,5,7H2,1H3,(H,15,16)(H,17,18). The number of fused-ring (bicyclic) bond motifs is 1. The SMILES string of the molecule is CC(=O)Nc1ccc2c(c1)C(=O)C(CCC(=O)O)CO2. The van der Waals surface area contributed by atoms with Crippen molar-refractivity contribution < 1.29 is 24.2 Å². The van der Waals surface area contributed by atoms with Crippen LogP contribution in [-0.4, -0.2) is 29.4 Å². The predicted octanol–water partition coefficient (Wildman–Crippen LogP) is 1.70. The Morgan fingerprint density at radius 2 is 2.20 bits per heavy atom. The minimum Gasteiger partial charge on any atom is -0.492 e. The highest BCUT2D eigenvalue weighted by Gasteiger charge is 2.29. The Labute approximate surface area is 115 Å². The van der Waals surface area contributed by atoms with Gasteiger partial charge in [-0.15, -0.1) is 0 Å². The number of benzene rings is 1. The summed E-state index contributed by atoms with van der Waals surface area (Å²) in [5.41, 5.74) is 0.907. The molecule has 1 atom stereocenters. The Bertz CT molecular complexity index is 567. The van der Waals surface area contributed by atoms with E-state index in [0.717, 1.165) is 0 Å². The van der Waals surface area contributed by atoms with Gasteiger partial charge in [-0.05, 0) is 24.6 Å². The van der Waals surface area contributed by atoms with Crippen LogP contribution in [0, 0.1) is 5.92 Å². The summed E-state index contributed by atoms with van der Waals surface area (Å²) < 4.78 is 5.47. The molecule has 1 amide bonds. The van der Waals surface area contributed by atoms with E-state index in [4.69, 9.17) is 9.84 Å². The quantitative estimate of drug-likeness (QED) is 0.873. The summed E-state index contributed by atoms with van der Waals surface area (Å²) in [6.07, 6.45) is 0.179. The van der Waals surface area contributed by atoms with Gasteiger partial charge in [0.05, 0.1) is 18.1 Å². The maximum absolute atomic E-state index is 12.3. The maximum Gasteiger partial charge on any atom is 0.303 e. The van der Waals surface area contributed by atoms with Crippen LogP contribution in [0.5, 0.6) is 5.75 Å². The number of ether oxygens (including phenoxy) is 1. The van der Waals surface area contributed by atoms with Crippen LogP contribution < -0.4 is 10.1 Å². The lowest BCUT2D eigenvalue weighted by atomic mass is 9.91. The molecule has 1 aliphatic heterocycles. The highest BCUT2D eigenvalue weighted by atomic mass is 16.5. The van der Waals surface area contributed by atoms with Crippen LogP contribution in [0.25, 0.3) is 0 Å². The Kier molecular flexibility index (Phi) is 4.02. The largest absolute Gasteiger partial charge is 0.492 e. The molecule has 0 aliphatic carbocycles. The molecule has 1 aromatic rings. The Morgan fingerprint density at radius 3 is 2.85 bits per heavy atom. The van der Waals surface area contributed by atoms with E-state index in [2.05, 4.69) is 5.32 Å². The third-order valence-corrected chi connectivity index (χ3v) is 3.08. The fourth-order valence-corrected chi connectivity index (χ4v) is 2.13. The molecule has 0 radical (unpaired) electrons. The van der Waals surface area contributed by atoms with Crippen molar-refractivity contribution in [2.75, 3.05) is 11.9 Å². The average Bonchev–Trinajstić information content (AvgIpc) is 2.38. The second-order valence-electron chi connectivity index (χ2n) is 4.70. The van der Waals surface area contributed by atoms with Crippen molar-refractivity contribution in [1.29, 1.82) is 0 Å². The van der Waals surface area contributed by atoms with E-state index >= 15 is 0 Å². The number of hydrogen-bond donors (Lipinski definition) is 2. The number of rotatable bonds is 4. The van der Waals surface area contributed by atoms with Crippen LogP contribution in [0.1, 0.15) is 30.1 Å². The summed E-state index contributed by atoms with van der Waals surface area (Å²) >= 11 is 0. The average molecular weight is 277 g/mol. The van der Waals surface area contributed by atoms with Crippen LogP contribution in [0.15, 0.2) is 18.2 Å². The van der Waals surface area contributed by atoms with Gasteiger partial charge >= 0.3 is 5.97 Å². The Hall–Kier alpha value is -2.37. The third-order valence-electron chi connectivity index (χ3n) is 3.08. The van der Waals surface area contributed by atoms with E-state index in [1.165, 1.54) is 6.92 Å². The van der Waals surface area contributed by atoms with Crippen molar-refractivity contribution in [3.8, 4) is 5.75 Å². The number of amides is 1. The van der Waals surface area contributed by atoms with Crippen molar-refractivity contribution in [3.63, 3.8) is 0 Å². The summed E-state index contributed by atoms with van der Waals surface area (Å²) in [7, 11) is 0. The molecular formula is C14H15NO5. The Morgan fingerprint density at radius 1 is 1.45 bits per heavy atom. The molecule has 2 N–H and O–H groups in total. The van der Waals surface area contributed by atoms with Crippen molar-refractivity contribution in [3.05, 3.63) is 23.8 Å². The van der Waals surface area contributed by atoms with Crippen molar-refractivity contribution >= 4 is 23.3 Å². The number of nitrogens with one attached hydrogen (secondary N) is 1. The summed E-state index contributed by atoms with van der Waals surface area (Å²) in [5, 5.41) is 11.3. The number of hydrogen-bond acceptors (Lipinski definition) is 4. The highest BCUT2D eigenvalue weighted by Crippen LogP contribution is 2.31. The van der Waals surface area contributed by atoms with Crippen molar-refractivity contribution in [1.82, 2.24) is 0 Å². The van der Waals surface area contributed by atoms with Gasteiger partial charge in [0.1, 0.15) is 5.75 Å². The molecule has 1 aromatic carbocycles. The van der Waals surface area contributed by atoms with Crippen LogP contribution in [0.3, 0.4) is 0 Å². The first-order valence-electron chi connectivity index (χ1n) is 6.28. The lowest BCUT2D eigenvalue weighted by molar-refractivity contribution is -0.137. The number of aliphatic carboxylic acids is 1. The summed E-state index contributed by atoms with van der Waals surface area (Å²) in [6.45, 7) is 1.58. The Balaban J connectivity index is 2.18. The molecular weight excluding hydrogens is 262 g/mol. The highest BCUT2D eigenvalue weighted by molar-refractivity contribution is 6.03. The lowest BCUT2D eigenvalue weighted by Gasteiger charge is -2.24. The molecule has 2 rings (SSSR count). The molecule has 1 unspecified atom stereocenters. The van der Waals surface area contributed by atoms with Crippen molar-refractivity contribution in [2.45, 2.75) is 19.8 Å². The van der Waals surface area contributed by atoms with Gasteiger partial charge in [-0.1, -0.05) is 0 Å². The molecule has 6 heteroatoms. The zero-order valence-corrected chi connectivity index (χ0v) is 11.0. The first-order valence-corrected chi connectivity index (χ1v) is 6.28. The van der Waals surface area contributed by atoms with Gasteiger partial charge in [0.2, 0.25) is 5.91 Å². The number of Topliss-reactive ketones (excluding diaryl/α,β-unsaturated/α-hetero) is 1. The summed E-state index contributed by atoms with van der Waals surface area (Å²) in [5.74, 6) is -1.28. The number of carboxylic acids is 1. The van der Waals surface area contributed by atoms with Gasteiger partial charge in [0, 0.05) is 19.0 Å². The minimum atomic E-state index is -0.935. The van der Waals surface area contributed by atoms with E-state index in [0.29, 0.717) is 17.0 Å². The second kappa shape index (κ2) is 5.73. The molecule has 0 fully saturated rings. The maximum atomic E-state index is 12.3. The summed E-state index contributed by atoms with van der Waals surface area (Å²) in [4.78, 5) is 33.9. The van der Waals surface area contributed by atoms with Gasteiger partial charge in [0.25, 0.3) is 0 Å². The summed E-state index contributed by atoms with van der Waals surface area (Å²) in [6, 6.07) is 4.85. The molecule has 0 saturated carbocycles. The van der Waals surface area contributed by atoms with E-state index < -0.39 is 11.9 Å². The molecule has 0 aromatic heterocycles. The van der Waals surface area contributed by atoms with E-state index in [1.54, 1.807) is 18.2 Å². The van der Waals surface area contributed by atoms with Crippen LogP contribution in [0.2, 0.25) is 0 Å². The van der Waals surface area contributed by atoms with Crippen molar-refractivity contribution in [2.24, 2.45) is 5.92 Å². The number of ketones is 1. The lowest BCUT2D eigenvalue weighted by Crippen LogP contribution is -2.28. The van der Waals surface area contributed by atoms with Gasteiger partial charge in [-0.25, -0.2) is 0 Å². The monoisotopic (exact) mass is 277 g/mol. The van der Waals surface area contributed by atoms with E-state index in [1.807, 2.05) is 0 Å². The molecule has 1 aliphatic rings. The van der Waals surface area contributed by atoms with E-state index in [-0.39, 0.29) is 31.1 Å². The molecule has 0 bridgehead atoms. The molecule has 106 valence electrons. The van der Waals surface area contributed by atoms with Crippen LogP contribution in [0.4, 0.5) is 5.69 Å². The topological polar surface area (TPSA) is 92.7 Å². The molecule has 1 heterocycles. The van der Waals surface area contributed by atoms with Crippen LogP contribution in [-0.2, 0) is 9.59 Å². The first kappa shape index (κ1) is 14.0. The van der Waals surface area contributed by atoms with Gasteiger partial charge < -0.3 is 15.2 Å². The van der Waals surface area contributed by atoms with Gasteiger partial charge in [0.15, 0.2) is 5.78 Å². The number of carbonyl (C=O) groups excluding carboxylic acids is 2. The first-order chi connectivity index (χ1) is 9.47. The second-order valence-corrected chi connectivity index (χ2v) is 4.70. The normalized spacial score (nSPS) is 17.1. The predicted molar refractivity (Wildman–Crippen MR) is 70.9 cm³/mol. The molecule has 20 heavy (non-hydrogen) atoms. The van der Waals surface area contributed by atoms with E-state index in [9.17, 15) is 14.4 Å². The number of anilines is 1. The fraction of sp³-hybridized carbons (Fsp3) is 0.357. The molecule has 6 nitrogen and oxygen atoms in total. The van der Waals surface area contributed by atoms with Gasteiger partial charge in [-0.2, -0.15) is 0 Å². The molecule has 0 spiro atoms. The number of carbonyl (C=O) groups is 3. The van der Waals surface area contributed by atoms with Gasteiger partial charge in [-0.3, -0.25) is 14.4 Å². The number of carboxylic acid groups (broad SMARTS) is 1.